The van der Waals surface area contributed by atoms with E-state index in [1.54, 1.807) is 46.9 Å². The van der Waals surface area contributed by atoms with Crippen LogP contribution in [-0.4, -0.2) is 33.9 Å². The van der Waals surface area contributed by atoms with Crippen LogP contribution < -0.4 is 4.72 Å². The molecule has 9 heteroatoms. The normalized spacial score (nSPS) is 12.8. The van der Waals surface area contributed by atoms with E-state index in [-0.39, 0.29) is 10.9 Å². The van der Waals surface area contributed by atoms with Gasteiger partial charge in [-0.3, -0.25) is 4.68 Å². The summed E-state index contributed by atoms with van der Waals surface area (Å²) in [6, 6.07) is 16.2. The number of fused-ring (bicyclic) bond motifs is 1. The summed E-state index contributed by atoms with van der Waals surface area (Å²) < 4.78 is 30.6. The molecule has 0 unspecified atom stereocenters. The molecule has 0 aliphatic rings. The van der Waals surface area contributed by atoms with Crippen LogP contribution in [0.3, 0.4) is 0 Å². The molecule has 1 N–H and O–H groups in total. The number of aromatic nitrogens is 4. The molecule has 0 fully saturated rings. The van der Waals surface area contributed by atoms with Gasteiger partial charge in [-0.05, 0) is 31.0 Å². The van der Waals surface area contributed by atoms with E-state index < -0.39 is 10.0 Å². The number of aryl methyl sites for hydroxylation is 2. The number of sulfonamides is 1. The van der Waals surface area contributed by atoms with Crippen LogP contribution in [0.1, 0.15) is 23.6 Å². The fourth-order valence-corrected chi connectivity index (χ4v) is 5.51. The molecule has 4 rings (SSSR count). The van der Waals surface area contributed by atoms with E-state index in [0.717, 1.165) is 27.2 Å². The van der Waals surface area contributed by atoms with Crippen molar-refractivity contribution >= 4 is 32.8 Å². The van der Waals surface area contributed by atoms with Crippen molar-refractivity contribution in [3.8, 4) is 0 Å². The zero-order valence-electron chi connectivity index (χ0n) is 17.3. The van der Waals surface area contributed by atoms with Crippen molar-refractivity contribution in [3.05, 3.63) is 78.2 Å². The molecule has 2 aromatic heterocycles. The summed E-state index contributed by atoms with van der Waals surface area (Å²) in [5.41, 5.74) is 2.71. The lowest BCUT2D eigenvalue weighted by Crippen LogP contribution is -2.29. The average Bonchev–Trinajstić information content (AvgIpc) is 3.16. The summed E-state index contributed by atoms with van der Waals surface area (Å²) in [5.74, 6) is 0.678. The molecule has 0 bridgehead atoms. The average molecular weight is 454 g/mol. The molecule has 0 saturated carbocycles. The lowest BCUT2D eigenvalue weighted by atomic mass is 10.1. The molecular weight excluding hydrogens is 430 g/mol. The third-order valence-electron chi connectivity index (χ3n) is 4.97. The van der Waals surface area contributed by atoms with E-state index in [2.05, 4.69) is 19.8 Å². The summed E-state index contributed by atoms with van der Waals surface area (Å²) in [4.78, 5) is 8.91. The maximum Gasteiger partial charge on any atom is 0.241 e. The van der Waals surface area contributed by atoms with E-state index in [1.807, 2.05) is 44.3 Å². The molecule has 0 radical (unpaired) electrons. The van der Waals surface area contributed by atoms with Crippen LogP contribution in [0.15, 0.2) is 77.0 Å². The van der Waals surface area contributed by atoms with Crippen molar-refractivity contribution in [2.45, 2.75) is 29.3 Å². The number of nitrogens with one attached hydrogen (secondary N) is 1. The summed E-state index contributed by atoms with van der Waals surface area (Å²) >= 11 is 1.57. The smallest absolute Gasteiger partial charge is 0.241 e. The lowest BCUT2D eigenvalue weighted by molar-refractivity contribution is 0.551. The number of rotatable bonds is 8. The molecule has 1 atom stereocenters. The molecule has 2 aromatic carbocycles. The van der Waals surface area contributed by atoms with Gasteiger partial charge in [-0.2, -0.15) is 5.10 Å². The van der Waals surface area contributed by atoms with Crippen LogP contribution in [0, 0.1) is 6.92 Å². The minimum absolute atomic E-state index is 0.263. The van der Waals surface area contributed by atoms with Crippen LogP contribution in [0.5, 0.6) is 0 Å². The first-order chi connectivity index (χ1) is 14.9. The summed E-state index contributed by atoms with van der Waals surface area (Å²) in [5, 5.41) is 5.98. The second-order valence-electron chi connectivity index (χ2n) is 7.22. The Kier molecular flexibility index (Phi) is 6.35. The Morgan fingerprint density at radius 2 is 1.81 bits per heavy atom. The van der Waals surface area contributed by atoms with Crippen molar-refractivity contribution < 1.29 is 8.42 Å². The van der Waals surface area contributed by atoms with E-state index in [9.17, 15) is 8.42 Å². The second kappa shape index (κ2) is 9.17. The third-order valence-corrected chi connectivity index (χ3v) is 7.49. The van der Waals surface area contributed by atoms with Gasteiger partial charge < -0.3 is 0 Å². The Balaban J connectivity index is 1.52. The first-order valence-electron chi connectivity index (χ1n) is 9.83. The Bertz CT molecular complexity index is 1270. The number of hydrogen-bond acceptors (Lipinski definition) is 6. The molecule has 4 aromatic rings. The van der Waals surface area contributed by atoms with Crippen molar-refractivity contribution in [3.63, 3.8) is 0 Å². The number of thioether (sulfide) groups is 1. The predicted molar refractivity (Wildman–Crippen MR) is 122 cm³/mol. The zero-order valence-corrected chi connectivity index (χ0v) is 18.9. The first-order valence-corrected chi connectivity index (χ1v) is 12.3. The fraction of sp³-hybridized carbons (Fsp3) is 0.227. The summed E-state index contributed by atoms with van der Waals surface area (Å²) in [6.07, 6.45) is 3.89. The highest BCUT2D eigenvalue weighted by Gasteiger charge is 2.21. The zero-order chi connectivity index (χ0) is 21.8. The Labute approximate surface area is 186 Å². The molecule has 160 valence electrons. The van der Waals surface area contributed by atoms with Crippen LogP contribution >= 0.6 is 11.8 Å². The number of hydrogen-bond donors (Lipinski definition) is 1. The van der Waals surface area contributed by atoms with E-state index in [0.29, 0.717) is 12.2 Å². The largest absolute Gasteiger partial charge is 0.250 e. The first kappa shape index (κ1) is 21.5. The van der Waals surface area contributed by atoms with E-state index in [4.69, 9.17) is 0 Å². The van der Waals surface area contributed by atoms with Gasteiger partial charge in [-0.15, -0.1) is 11.8 Å². The lowest BCUT2D eigenvalue weighted by Gasteiger charge is -2.19. The van der Waals surface area contributed by atoms with Crippen molar-refractivity contribution in [1.29, 1.82) is 0 Å². The topological polar surface area (TPSA) is 89.8 Å². The van der Waals surface area contributed by atoms with E-state index in [1.165, 1.54) is 6.33 Å². The standard InChI is InChI=1S/C22H23N5O2S2/c1-16-8-10-18(11-9-16)31(28,29)26-20(17-6-4-3-5-7-17)12-13-30-22-19-14-25-27(2)21(19)23-15-24-22/h3-11,14-15,20,26H,12-13H2,1-2H3/t20-/m1/s1. The molecule has 0 aliphatic carbocycles. The highest BCUT2D eigenvalue weighted by molar-refractivity contribution is 7.99. The quantitative estimate of drug-likeness (QED) is 0.322. The summed E-state index contributed by atoms with van der Waals surface area (Å²) in [6.45, 7) is 1.93. The van der Waals surface area contributed by atoms with Gasteiger partial charge in [-0.25, -0.2) is 23.1 Å². The predicted octanol–water partition coefficient (Wildman–Crippen LogP) is 3.87. The second-order valence-corrected chi connectivity index (χ2v) is 10.0. The van der Waals surface area contributed by atoms with Gasteiger partial charge in [0.05, 0.1) is 16.5 Å². The third kappa shape index (κ3) is 4.95. The molecule has 0 amide bonds. The maximum absolute atomic E-state index is 13.0. The molecule has 0 spiro atoms. The maximum atomic E-state index is 13.0. The van der Waals surface area contributed by atoms with Gasteiger partial charge in [0.25, 0.3) is 0 Å². The van der Waals surface area contributed by atoms with Gasteiger partial charge in [0.2, 0.25) is 10.0 Å². The molecule has 0 saturated heterocycles. The molecule has 7 nitrogen and oxygen atoms in total. The Morgan fingerprint density at radius 1 is 1.06 bits per heavy atom. The van der Waals surface area contributed by atoms with Crippen molar-refractivity contribution in [2.75, 3.05) is 5.75 Å². The number of benzene rings is 2. The van der Waals surface area contributed by atoms with Crippen molar-refractivity contribution in [2.24, 2.45) is 7.05 Å². The van der Waals surface area contributed by atoms with Crippen molar-refractivity contribution in [1.82, 2.24) is 24.5 Å². The monoisotopic (exact) mass is 453 g/mol. The van der Waals surface area contributed by atoms with Gasteiger partial charge >= 0.3 is 0 Å². The van der Waals surface area contributed by atoms with Gasteiger partial charge in [0.15, 0.2) is 5.65 Å². The highest BCUT2D eigenvalue weighted by atomic mass is 32.2. The van der Waals surface area contributed by atoms with Crippen LogP contribution in [0.4, 0.5) is 0 Å². The Morgan fingerprint density at radius 3 is 2.55 bits per heavy atom. The van der Waals surface area contributed by atoms with Gasteiger partial charge in [-0.1, -0.05) is 48.0 Å². The van der Waals surface area contributed by atoms with Crippen LogP contribution in [0.2, 0.25) is 0 Å². The molecular formula is C22H23N5O2S2. The van der Waals surface area contributed by atoms with Gasteiger partial charge in [0, 0.05) is 18.8 Å². The molecule has 31 heavy (non-hydrogen) atoms. The van der Waals surface area contributed by atoms with Gasteiger partial charge in [0.1, 0.15) is 11.4 Å². The number of nitrogens with zero attached hydrogens (tertiary/aromatic N) is 4. The van der Waals surface area contributed by atoms with E-state index >= 15 is 0 Å². The molecule has 2 heterocycles. The highest BCUT2D eigenvalue weighted by Crippen LogP contribution is 2.28. The molecule has 0 aliphatic heterocycles. The summed E-state index contributed by atoms with van der Waals surface area (Å²) in [7, 11) is -1.81. The van der Waals surface area contributed by atoms with Crippen LogP contribution in [-0.2, 0) is 17.1 Å². The minimum atomic E-state index is -3.65. The van der Waals surface area contributed by atoms with Crippen LogP contribution in [0.25, 0.3) is 11.0 Å². The fourth-order valence-electron chi connectivity index (χ4n) is 3.28. The SMILES string of the molecule is Cc1ccc(S(=O)(=O)N[C@H](CCSc2ncnc3c2cnn3C)c2ccccc2)cc1. The Hall–Kier alpha value is -2.75. The minimum Gasteiger partial charge on any atom is -0.250 e.